The van der Waals surface area contributed by atoms with Crippen LogP contribution >= 0.6 is 8.03 Å². The molecule has 0 N–H and O–H groups in total. The summed E-state index contributed by atoms with van der Waals surface area (Å²) in [5.74, 6) is -0.303. The van der Waals surface area contributed by atoms with Crippen molar-refractivity contribution in [3.8, 4) is 0 Å². The zero-order valence-corrected chi connectivity index (χ0v) is 11.6. The maximum Gasteiger partial charge on any atom is 0.507 e. The van der Waals surface area contributed by atoms with Gasteiger partial charge in [0.05, 0.1) is 19.3 Å². The van der Waals surface area contributed by atoms with E-state index >= 15 is 0 Å². The molecule has 5 heteroatoms. The molecule has 1 rings (SSSR count). The minimum absolute atomic E-state index is 0.303. The quantitative estimate of drug-likeness (QED) is 0.563. The van der Waals surface area contributed by atoms with Crippen LogP contribution in [0.5, 0.6) is 0 Å². The van der Waals surface area contributed by atoms with Gasteiger partial charge in [0.2, 0.25) is 0 Å². The van der Waals surface area contributed by atoms with Gasteiger partial charge < -0.3 is 4.74 Å². The van der Waals surface area contributed by atoms with Gasteiger partial charge in [-0.1, -0.05) is 12.1 Å². The van der Waals surface area contributed by atoms with Gasteiger partial charge >= 0.3 is 14.0 Å². The number of rotatable bonds is 7. The molecule has 0 aliphatic heterocycles. The molecule has 1 aromatic carbocycles. The molecule has 0 spiro atoms. The molecular formula is C13H18O4P+. The van der Waals surface area contributed by atoms with Crippen molar-refractivity contribution in [3.05, 3.63) is 35.4 Å². The number of hydrogen-bond donors (Lipinski definition) is 0. The Kier molecular flexibility index (Phi) is 6.55. The summed E-state index contributed by atoms with van der Waals surface area (Å²) in [6, 6.07) is 7.33. The van der Waals surface area contributed by atoms with Crippen LogP contribution in [0.15, 0.2) is 24.3 Å². The number of esters is 1. The van der Waals surface area contributed by atoms with Gasteiger partial charge in [-0.25, -0.2) is 4.79 Å². The normalized spacial score (nSPS) is 11.1. The number of carbonyl (C=O) groups is 1. The van der Waals surface area contributed by atoms with Crippen LogP contribution in [-0.2, 0) is 20.2 Å². The smallest absolute Gasteiger partial charge is 0.462 e. The van der Waals surface area contributed by atoms with E-state index in [0.717, 1.165) is 18.4 Å². The topological polar surface area (TPSA) is 52.6 Å². The zero-order valence-electron chi connectivity index (χ0n) is 10.7. The Hall–Kier alpha value is -1.25. The molecule has 4 nitrogen and oxygen atoms in total. The fraction of sp³-hybridized carbons (Fsp3) is 0.462. The van der Waals surface area contributed by atoms with Gasteiger partial charge in [-0.2, -0.15) is 0 Å². The van der Waals surface area contributed by atoms with Crippen molar-refractivity contribution in [2.75, 3.05) is 19.9 Å². The summed E-state index contributed by atoms with van der Waals surface area (Å²) in [5, 5.41) is 0. The summed E-state index contributed by atoms with van der Waals surface area (Å²) in [4.78, 5) is 11.5. The molecule has 1 aromatic rings. The van der Waals surface area contributed by atoms with Crippen molar-refractivity contribution >= 4 is 14.0 Å². The Bertz CT molecular complexity index is 417. The van der Waals surface area contributed by atoms with E-state index < -0.39 is 8.03 Å². The molecule has 1 unspecified atom stereocenters. The maximum absolute atomic E-state index is 11.5. The average molecular weight is 269 g/mol. The van der Waals surface area contributed by atoms with Crippen molar-refractivity contribution in [1.29, 1.82) is 0 Å². The van der Waals surface area contributed by atoms with E-state index in [4.69, 9.17) is 9.26 Å². The summed E-state index contributed by atoms with van der Waals surface area (Å²) < 4.78 is 20.8. The van der Waals surface area contributed by atoms with Crippen LogP contribution in [0.2, 0.25) is 0 Å². The Morgan fingerprint density at radius 3 is 2.83 bits per heavy atom. The second kappa shape index (κ2) is 7.96. The van der Waals surface area contributed by atoms with Crippen LogP contribution in [0.25, 0.3) is 0 Å². The van der Waals surface area contributed by atoms with E-state index in [2.05, 4.69) is 0 Å². The average Bonchev–Trinajstić information content (AvgIpc) is 2.39. The Balaban J connectivity index is 2.54. The van der Waals surface area contributed by atoms with Crippen molar-refractivity contribution in [2.45, 2.75) is 19.8 Å². The minimum atomic E-state index is -1.54. The van der Waals surface area contributed by atoms with Crippen molar-refractivity contribution in [2.24, 2.45) is 0 Å². The SMILES string of the molecule is CCOC(=O)c1cccc(CCC[P+](=O)OC)c1. The largest absolute Gasteiger partial charge is 0.507 e. The van der Waals surface area contributed by atoms with Crippen LogP contribution in [0, 0.1) is 0 Å². The number of ether oxygens (including phenoxy) is 1. The Morgan fingerprint density at radius 2 is 2.17 bits per heavy atom. The minimum Gasteiger partial charge on any atom is -0.462 e. The van der Waals surface area contributed by atoms with E-state index in [1.54, 1.807) is 13.0 Å². The molecule has 18 heavy (non-hydrogen) atoms. The maximum atomic E-state index is 11.5. The van der Waals surface area contributed by atoms with Crippen LogP contribution in [0.1, 0.15) is 29.3 Å². The third-order valence-corrected chi connectivity index (χ3v) is 3.54. The zero-order chi connectivity index (χ0) is 13.4. The van der Waals surface area contributed by atoms with Gasteiger partial charge in [0, 0.05) is 0 Å². The molecule has 0 aliphatic rings. The molecule has 0 amide bonds. The molecule has 0 saturated carbocycles. The van der Waals surface area contributed by atoms with E-state index in [1.165, 1.54) is 7.11 Å². The predicted molar refractivity (Wildman–Crippen MR) is 70.2 cm³/mol. The van der Waals surface area contributed by atoms with Gasteiger partial charge in [0.1, 0.15) is 0 Å². The number of aryl methyl sites for hydroxylation is 1. The number of carbonyl (C=O) groups excluding carboxylic acids is 1. The highest BCUT2D eigenvalue weighted by molar-refractivity contribution is 7.39. The lowest BCUT2D eigenvalue weighted by Gasteiger charge is -2.03. The fourth-order valence-corrected chi connectivity index (χ4v) is 2.17. The predicted octanol–water partition coefficient (Wildman–Crippen LogP) is 3.18. The first-order chi connectivity index (χ1) is 8.67. The Morgan fingerprint density at radius 1 is 1.39 bits per heavy atom. The molecule has 0 aliphatic carbocycles. The summed E-state index contributed by atoms with van der Waals surface area (Å²) >= 11 is 0. The summed E-state index contributed by atoms with van der Waals surface area (Å²) in [6.45, 7) is 2.15. The van der Waals surface area contributed by atoms with Gasteiger partial charge in [0.25, 0.3) is 0 Å². The van der Waals surface area contributed by atoms with E-state index in [9.17, 15) is 9.36 Å². The monoisotopic (exact) mass is 269 g/mol. The molecule has 98 valence electrons. The first-order valence-corrected chi connectivity index (χ1v) is 7.28. The molecule has 1 atom stereocenters. The third kappa shape index (κ3) is 4.94. The van der Waals surface area contributed by atoms with Crippen LogP contribution in [0.4, 0.5) is 0 Å². The van der Waals surface area contributed by atoms with Gasteiger partial charge in [0.15, 0.2) is 6.16 Å². The van der Waals surface area contributed by atoms with Gasteiger partial charge in [-0.05, 0) is 42.0 Å². The lowest BCUT2D eigenvalue weighted by molar-refractivity contribution is 0.0526. The summed E-state index contributed by atoms with van der Waals surface area (Å²) in [7, 11) is -0.0976. The van der Waals surface area contributed by atoms with Crippen molar-refractivity contribution in [1.82, 2.24) is 0 Å². The molecule has 0 fully saturated rings. The highest BCUT2D eigenvalue weighted by atomic mass is 31.1. The first-order valence-electron chi connectivity index (χ1n) is 5.92. The van der Waals surface area contributed by atoms with E-state index in [1.807, 2.05) is 18.2 Å². The van der Waals surface area contributed by atoms with Crippen LogP contribution in [0.3, 0.4) is 0 Å². The number of hydrogen-bond acceptors (Lipinski definition) is 4. The van der Waals surface area contributed by atoms with Gasteiger partial charge in [-0.15, -0.1) is 4.52 Å². The lowest BCUT2D eigenvalue weighted by atomic mass is 10.1. The standard InChI is InChI=1S/C13H18O4P/c1-3-17-13(14)12-8-4-6-11(10-12)7-5-9-18(15)16-2/h4,6,8,10H,3,5,7,9H2,1-2H3/q+1. The molecule has 0 radical (unpaired) electrons. The lowest BCUT2D eigenvalue weighted by Crippen LogP contribution is -2.05. The summed E-state index contributed by atoms with van der Waals surface area (Å²) in [5.41, 5.74) is 1.60. The second-order valence-corrected chi connectivity index (χ2v) is 5.24. The van der Waals surface area contributed by atoms with E-state index in [-0.39, 0.29) is 5.97 Å². The van der Waals surface area contributed by atoms with Crippen molar-refractivity contribution < 1.29 is 18.6 Å². The van der Waals surface area contributed by atoms with Crippen LogP contribution < -0.4 is 0 Å². The molecule has 0 heterocycles. The number of benzene rings is 1. The molecule has 0 aromatic heterocycles. The van der Waals surface area contributed by atoms with Crippen LogP contribution in [-0.4, -0.2) is 25.8 Å². The third-order valence-electron chi connectivity index (χ3n) is 2.45. The fourth-order valence-electron chi connectivity index (χ4n) is 1.57. The highest BCUT2D eigenvalue weighted by Crippen LogP contribution is 2.22. The van der Waals surface area contributed by atoms with E-state index in [0.29, 0.717) is 18.3 Å². The van der Waals surface area contributed by atoms with Gasteiger partial charge in [-0.3, -0.25) is 0 Å². The highest BCUT2D eigenvalue weighted by Gasteiger charge is 2.13. The molecule has 0 bridgehead atoms. The second-order valence-electron chi connectivity index (χ2n) is 3.76. The van der Waals surface area contributed by atoms with Crippen molar-refractivity contribution in [3.63, 3.8) is 0 Å². The summed E-state index contributed by atoms with van der Waals surface area (Å²) in [6.07, 6.45) is 2.09. The Labute approximate surface area is 108 Å². The first kappa shape index (κ1) is 14.8. The molecular weight excluding hydrogens is 251 g/mol. The molecule has 0 saturated heterocycles.